The molecule has 1 N–H and O–H groups in total. The molecule has 1 aliphatic carbocycles. The first kappa shape index (κ1) is 15.1. The minimum absolute atomic E-state index is 0.458. The Morgan fingerprint density at radius 1 is 1.16 bits per heavy atom. The summed E-state index contributed by atoms with van der Waals surface area (Å²) in [6.45, 7) is 4.99. The van der Waals surface area contributed by atoms with Gasteiger partial charge in [-0.3, -0.25) is 9.80 Å². The molecular weight excluding hydrogens is 255 g/mol. The summed E-state index contributed by atoms with van der Waals surface area (Å²) in [6.07, 6.45) is -0.396. The predicted octanol–water partition coefficient (Wildman–Crippen LogP) is 1.70. The third-order valence-electron chi connectivity index (χ3n) is 4.01. The van der Waals surface area contributed by atoms with E-state index in [1.165, 1.54) is 17.7 Å². The number of hydrogen-bond donors (Lipinski definition) is 1. The van der Waals surface area contributed by atoms with E-state index < -0.39 is 12.7 Å². The zero-order valence-corrected chi connectivity index (χ0v) is 11.5. The number of hydrogen-bond acceptors (Lipinski definition) is 3. The smallest absolute Gasteiger partial charge is 0.314 e. The summed E-state index contributed by atoms with van der Waals surface area (Å²) >= 11 is 0. The monoisotopic (exact) mass is 279 g/mol. The Morgan fingerprint density at radius 2 is 1.79 bits per heavy atom. The van der Waals surface area contributed by atoms with Crippen LogP contribution in [0.2, 0.25) is 0 Å². The Labute approximate surface area is 113 Å². The Bertz CT molecular complexity index is 271. The predicted molar refractivity (Wildman–Crippen MR) is 69.2 cm³/mol. The lowest BCUT2D eigenvalue weighted by Gasteiger charge is -2.38. The Morgan fingerprint density at radius 3 is 2.32 bits per heavy atom. The van der Waals surface area contributed by atoms with Crippen LogP contribution >= 0.6 is 0 Å². The standard InChI is InChI=1S/C13H24F3N3/c1-11(4-5-17-12-2-3-12)19-8-6-18(7-9-19)10-13(14,15)16/h11-12,17H,2-10H2,1H3. The van der Waals surface area contributed by atoms with Gasteiger partial charge in [0, 0.05) is 38.3 Å². The van der Waals surface area contributed by atoms with E-state index in [2.05, 4.69) is 17.1 Å². The molecule has 1 unspecified atom stereocenters. The molecule has 0 spiro atoms. The van der Waals surface area contributed by atoms with Gasteiger partial charge in [0.05, 0.1) is 6.54 Å². The number of nitrogens with one attached hydrogen (secondary N) is 1. The Kier molecular flexibility index (Phi) is 5.09. The summed E-state index contributed by atoms with van der Waals surface area (Å²) in [6, 6.07) is 1.19. The van der Waals surface area contributed by atoms with Crippen molar-refractivity contribution in [2.75, 3.05) is 39.3 Å². The van der Waals surface area contributed by atoms with Gasteiger partial charge in [-0.1, -0.05) is 0 Å². The van der Waals surface area contributed by atoms with Gasteiger partial charge in [0.1, 0.15) is 0 Å². The average Bonchev–Trinajstić information content (AvgIpc) is 3.12. The summed E-state index contributed by atoms with van der Waals surface area (Å²) < 4.78 is 36.8. The number of rotatable bonds is 6. The molecule has 1 saturated carbocycles. The van der Waals surface area contributed by atoms with Gasteiger partial charge in [0.25, 0.3) is 0 Å². The van der Waals surface area contributed by atoms with Crippen molar-refractivity contribution in [3.05, 3.63) is 0 Å². The lowest BCUT2D eigenvalue weighted by Crippen LogP contribution is -2.52. The topological polar surface area (TPSA) is 18.5 Å². The molecule has 19 heavy (non-hydrogen) atoms. The van der Waals surface area contributed by atoms with Crippen molar-refractivity contribution in [1.29, 1.82) is 0 Å². The second kappa shape index (κ2) is 6.41. The molecule has 0 aromatic rings. The molecule has 1 aliphatic heterocycles. The fourth-order valence-corrected chi connectivity index (χ4v) is 2.58. The van der Waals surface area contributed by atoms with Crippen molar-refractivity contribution in [3.8, 4) is 0 Å². The van der Waals surface area contributed by atoms with Crippen LogP contribution in [0.15, 0.2) is 0 Å². The van der Waals surface area contributed by atoms with Gasteiger partial charge >= 0.3 is 6.18 Å². The molecule has 0 aromatic heterocycles. The molecule has 2 aliphatic rings. The van der Waals surface area contributed by atoms with Gasteiger partial charge in [-0.2, -0.15) is 13.2 Å². The number of piperazine rings is 1. The van der Waals surface area contributed by atoms with E-state index in [0.717, 1.165) is 32.1 Å². The molecule has 1 heterocycles. The zero-order chi connectivity index (χ0) is 13.9. The van der Waals surface area contributed by atoms with E-state index in [9.17, 15) is 13.2 Å². The van der Waals surface area contributed by atoms with Crippen LogP contribution in [-0.4, -0.2) is 67.3 Å². The minimum atomic E-state index is -4.07. The molecule has 112 valence electrons. The van der Waals surface area contributed by atoms with Gasteiger partial charge in [-0.15, -0.1) is 0 Å². The fraction of sp³-hybridized carbons (Fsp3) is 1.00. The third kappa shape index (κ3) is 5.67. The van der Waals surface area contributed by atoms with Gasteiger partial charge < -0.3 is 5.32 Å². The first-order chi connectivity index (χ1) is 8.94. The third-order valence-corrected chi connectivity index (χ3v) is 4.01. The van der Waals surface area contributed by atoms with E-state index in [1.807, 2.05) is 0 Å². The van der Waals surface area contributed by atoms with Crippen LogP contribution in [0, 0.1) is 0 Å². The molecule has 2 fully saturated rings. The molecular formula is C13H24F3N3. The van der Waals surface area contributed by atoms with E-state index in [1.54, 1.807) is 0 Å². The van der Waals surface area contributed by atoms with Crippen molar-refractivity contribution in [3.63, 3.8) is 0 Å². The largest absolute Gasteiger partial charge is 0.401 e. The molecule has 6 heteroatoms. The summed E-state index contributed by atoms with van der Waals surface area (Å²) in [5.74, 6) is 0. The molecule has 2 rings (SSSR count). The molecule has 0 radical (unpaired) electrons. The van der Waals surface area contributed by atoms with E-state index in [0.29, 0.717) is 19.1 Å². The van der Waals surface area contributed by atoms with Crippen LogP contribution in [0.25, 0.3) is 0 Å². The van der Waals surface area contributed by atoms with Gasteiger partial charge in [0.15, 0.2) is 0 Å². The highest BCUT2D eigenvalue weighted by atomic mass is 19.4. The number of halogens is 3. The van der Waals surface area contributed by atoms with E-state index in [4.69, 9.17) is 0 Å². The van der Waals surface area contributed by atoms with Crippen molar-refractivity contribution < 1.29 is 13.2 Å². The van der Waals surface area contributed by atoms with Crippen LogP contribution in [0.5, 0.6) is 0 Å². The SMILES string of the molecule is CC(CCNC1CC1)N1CCN(CC(F)(F)F)CC1. The van der Waals surface area contributed by atoms with E-state index in [-0.39, 0.29) is 0 Å². The Hall–Kier alpha value is -0.330. The van der Waals surface area contributed by atoms with E-state index >= 15 is 0 Å². The maximum Gasteiger partial charge on any atom is 0.401 e. The van der Waals surface area contributed by atoms with Crippen LogP contribution in [0.1, 0.15) is 26.2 Å². The first-order valence-electron chi connectivity index (χ1n) is 7.20. The zero-order valence-electron chi connectivity index (χ0n) is 11.5. The van der Waals surface area contributed by atoms with Gasteiger partial charge in [-0.05, 0) is 32.7 Å². The molecule has 1 saturated heterocycles. The summed E-state index contributed by atoms with van der Waals surface area (Å²) in [4.78, 5) is 3.81. The minimum Gasteiger partial charge on any atom is -0.314 e. The highest BCUT2D eigenvalue weighted by Gasteiger charge is 2.32. The second-order valence-electron chi connectivity index (χ2n) is 5.79. The van der Waals surface area contributed by atoms with Gasteiger partial charge in [0.2, 0.25) is 0 Å². The molecule has 0 aromatic carbocycles. The van der Waals surface area contributed by atoms with Crippen LogP contribution in [-0.2, 0) is 0 Å². The van der Waals surface area contributed by atoms with Crippen molar-refractivity contribution >= 4 is 0 Å². The quantitative estimate of drug-likeness (QED) is 0.798. The highest BCUT2D eigenvalue weighted by Crippen LogP contribution is 2.20. The lowest BCUT2D eigenvalue weighted by atomic mass is 10.1. The van der Waals surface area contributed by atoms with Crippen molar-refractivity contribution in [2.24, 2.45) is 0 Å². The summed E-state index contributed by atoms with van der Waals surface area (Å²) in [7, 11) is 0. The number of alkyl halides is 3. The van der Waals surface area contributed by atoms with Crippen LogP contribution in [0.3, 0.4) is 0 Å². The lowest BCUT2D eigenvalue weighted by molar-refractivity contribution is -0.149. The van der Waals surface area contributed by atoms with Gasteiger partial charge in [-0.25, -0.2) is 0 Å². The maximum absolute atomic E-state index is 12.3. The van der Waals surface area contributed by atoms with Crippen LogP contribution < -0.4 is 5.32 Å². The normalized spacial score (nSPS) is 24.6. The average molecular weight is 279 g/mol. The van der Waals surface area contributed by atoms with Crippen molar-refractivity contribution in [2.45, 2.75) is 44.4 Å². The van der Waals surface area contributed by atoms with Crippen molar-refractivity contribution in [1.82, 2.24) is 15.1 Å². The fourth-order valence-electron chi connectivity index (χ4n) is 2.58. The summed E-state index contributed by atoms with van der Waals surface area (Å²) in [5.41, 5.74) is 0. The molecule has 3 nitrogen and oxygen atoms in total. The summed E-state index contributed by atoms with van der Waals surface area (Å²) in [5, 5.41) is 3.48. The Balaban J connectivity index is 1.61. The first-order valence-corrected chi connectivity index (χ1v) is 7.20. The second-order valence-corrected chi connectivity index (χ2v) is 5.79. The molecule has 0 amide bonds. The molecule has 0 bridgehead atoms. The highest BCUT2D eigenvalue weighted by molar-refractivity contribution is 4.82. The molecule has 1 atom stereocenters. The van der Waals surface area contributed by atoms with Crippen LogP contribution in [0.4, 0.5) is 13.2 Å². The maximum atomic E-state index is 12.3. The number of nitrogens with zero attached hydrogens (tertiary/aromatic N) is 2.